The van der Waals surface area contributed by atoms with E-state index in [0.29, 0.717) is 6.42 Å². The predicted octanol–water partition coefficient (Wildman–Crippen LogP) is 1.40. The van der Waals surface area contributed by atoms with Gasteiger partial charge in [0.25, 0.3) is 0 Å². The first-order valence-electron chi connectivity index (χ1n) is 9.00. The van der Waals surface area contributed by atoms with Crippen molar-refractivity contribution in [2.45, 2.75) is 58.4 Å². The van der Waals surface area contributed by atoms with Crippen molar-refractivity contribution in [2.75, 3.05) is 0 Å². The largest absolute Gasteiger partial charge is 0.477 e. The van der Waals surface area contributed by atoms with Crippen molar-refractivity contribution in [1.29, 1.82) is 0 Å². The summed E-state index contributed by atoms with van der Waals surface area (Å²) in [6, 6.07) is 0. The van der Waals surface area contributed by atoms with Crippen LogP contribution in [-0.2, 0) is 33.4 Å². The molecular weight excluding hydrogens is 382 g/mol. The van der Waals surface area contributed by atoms with Crippen LogP contribution in [-0.4, -0.2) is 53.2 Å². The van der Waals surface area contributed by atoms with Crippen LogP contribution in [0.3, 0.4) is 0 Å². The molecule has 0 aromatic carbocycles. The lowest BCUT2D eigenvalue weighted by Crippen LogP contribution is -2.47. The van der Waals surface area contributed by atoms with Gasteiger partial charge in [0, 0.05) is 11.8 Å². The molecule has 3 rings (SSSR count). The quantitative estimate of drug-likeness (QED) is 0.540. The molecular formula is C18H22F2O8. The molecule has 7 unspecified atom stereocenters. The Bertz CT molecular complexity index is 728. The van der Waals surface area contributed by atoms with Crippen molar-refractivity contribution < 1.29 is 47.3 Å². The van der Waals surface area contributed by atoms with Gasteiger partial charge in [-0.1, -0.05) is 0 Å². The summed E-state index contributed by atoms with van der Waals surface area (Å²) in [7, 11) is 0. The minimum Gasteiger partial charge on any atom is -0.477 e. The van der Waals surface area contributed by atoms with Gasteiger partial charge in [0.15, 0.2) is 6.10 Å². The van der Waals surface area contributed by atoms with Crippen LogP contribution in [0.1, 0.15) is 34.1 Å². The van der Waals surface area contributed by atoms with Crippen LogP contribution in [0, 0.1) is 29.1 Å². The number of hydrogen-bond acceptors (Lipinski definition) is 7. The molecule has 0 aromatic rings. The summed E-state index contributed by atoms with van der Waals surface area (Å²) in [5.74, 6) is -12.0. The second-order valence-electron chi connectivity index (χ2n) is 8.64. The zero-order valence-corrected chi connectivity index (χ0v) is 15.8. The molecule has 28 heavy (non-hydrogen) atoms. The third kappa shape index (κ3) is 3.02. The Balaban J connectivity index is 1.80. The first-order chi connectivity index (χ1) is 12.8. The predicted molar refractivity (Wildman–Crippen MR) is 85.9 cm³/mol. The Kier molecular flexibility index (Phi) is 4.67. The van der Waals surface area contributed by atoms with E-state index in [4.69, 9.17) is 19.3 Å². The topological polar surface area (TPSA) is 116 Å². The van der Waals surface area contributed by atoms with Crippen molar-refractivity contribution in [1.82, 2.24) is 0 Å². The smallest absolute Gasteiger partial charge is 0.378 e. The molecule has 3 fully saturated rings. The lowest BCUT2D eigenvalue weighted by molar-refractivity contribution is -0.196. The molecule has 0 amide bonds. The Hall–Kier alpha value is -2.26. The summed E-state index contributed by atoms with van der Waals surface area (Å²) in [6.45, 7) is 5.71. The third-order valence-corrected chi connectivity index (χ3v) is 5.76. The number of rotatable bonds is 5. The van der Waals surface area contributed by atoms with Crippen molar-refractivity contribution in [2.24, 2.45) is 29.1 Å². The zero-order valence-electron chi connectivity index (χ0n) is 15.8. The molecule has 2 aliphatic carbocycles. The van der Waals surface area contributed by atoms with Crippen LogP contribution in [0.4, 0.5) is 8.78 Å². The number of carbonyl (C=O) groups excluding carboxylic acids is 3. The summed E-state index contributed by atoms with van der Waals surface area (Å²) >= 11 is 0. The number of halogens is 2. The lowest BCUT2D eigenvalue weighted by atomic mass is 9.78. The van der Waals surface area contributed by atoms with Crippen molar-refractivity contribution in [3.05, 3.63) is 0 Å². The van der Waals surface area contributed by atoms with Crippen molar-refractivity contribution >= 4 is 23.9 Å². The standard InChI is InChI=1S/C18H22F2O8/c1-6(18(19,20)15(23)24)26-13(21)9-8-5-7-10(9)14(22)27-11(7)12(8)28-16(25)17(2,3)4/h6-12H,5H2,1-4H3,(H,23,24). The monoisotopic (exact) mass is 404 g/mol. The number of esters is 3. The molecule has 3 aliphatic rings. The Labute approximate surface area is 159 Å². The van der Waals surface area contributed by atoms with E-state index in [1.807, 2.05) is 0 Å². The lowest BCUT2D eigenvalue weighted by Gasteiger charge is -2.32. The molecule has 1 N–H and O–H groups in total. The number of aliphatic carboxylic acids is 1. The highest BCUT2D eigenvalue weighted by Crippen LogP contribution is 2.59. The molecule has 2 bridgehead atoms. The Morgan fingerprint density at radius 1 is 1.21 bits per heavy atom. The van der Waals surface area contributed by atoms with E-state index in [2.05, 4.69) is 0 Å². The highest BCUT2D eigenvalue weighted by atomic mass is 19.3. The molecule has 0 aromatic heterocycles. The van der Waals surface area contributed by atoms with Gasteiger partial charge in [-0.05, 0) is 34.1 Å². The maximum absolute atomic E-state index is 13.6. The van der Waals surface area contributed by atoms with Crippen LogP contribution in [0.2, 0.25) is 0 Å². The van der Waals surface area contributed by atoms with Crippen LogP contribution in [0.15, 0.2) is 0 Å². The molecule has 1 saturated heterocycles. The first-order valence-corrected chi connectivity index (χ1v) is 9.00. The molecule has 10 heteroatoms. The molecule has 8 nitrogen and oxygen atoms in total. The van der Waals surface area contributed by atoms with E-state index in [1.54, 1.807) is 20.8 Å². The molecule has 0 radical (unpaired) electrons. The van der Waals surface area contributed by atoms with E-state index in [0.717, 1.165) is 6.92 Å². The van der Waals surface area contributed by atoms with Crippen molar-refractivity contribution in [3.63, 3.8) is 0 Å². The van der Waals surface area contributed by atoms with Crippen LogP contribution >= 0.6 is 0 Å². The third-order valence-electron chi connectivity index (χ3n) is 5.76. The van der Waals surface area contributed by atoms with Gasteiger partial charge < -0.3 is 19.3 Å². The van der Waals surface area contributed by atoms with Crippen LogP contribution in [0.5, 0.6) is 0 Å². The van der Waals surface area contributed by atoms with Gasteiger partial charge in [-0.3, -0.25) is 14.4 Å². The Morgan fingerprint density at radius 2 is 1.82 bits per heavy atom. The van der Waals surface area contributed by atoms with Gasteiger partial charge in [-0.2, -0.15) is 8.78 Å². The van der Waals surface area contributed by atoms with Crippen LogP contribution < -0.4 is 0 Å². The number of alkyl halides is 2. The summed E-state index contributed by atoms with van der Waals surface area (Å²) < 4.78 is 42.7. The van der Waals surface area contributed by atoms with Gasteiger partial charge in [0.05, 0.1) is 17.3 Å². The van der Waals surface area contributed by atoms with E-state index < -0.39 is 71.3 Å². The second-order valence-corrected chi connectivity index (χ2v) is 8.64. The van der Waals surface area contributed by atoms with Gasteiger partial charge >= 0.3 is 29.8 Å². The van der Waals surface area contributed by atoms with E-state index in [9.17, 15) is 28.0 Å². The fourth-order valence-corrected chi connectivity index (χ4v) is 4.27. The zero-order chi connectivity index (χ0) is 21.2. The van der Waals surface area contributed by atoms with Crippen molar-refractivity contribution in [3.8, 4) is 0 Å². The molecule has 7 atom stereocenters. The van der Waals surface area contributed by atoms with Gasteiger partial charge in [-0.15, -0.1) is 0 Å². The molecule has 156 valence electrons. The number of carboxylic acids is 1. The summed E-state index contributed by atoms with van der Waals surface area (Å²) in [5.41, 5.74) is -0.822. The maximum Gasteiger partial charge on any atom is 0.378 e. The fourth-order valence-electron chi connectivity index (χ4n) is 4.27. The minimum atomic E-state index is -4.27. The average molecular weight is 404 g/mol. The summed E-state index contributed by atoms with van der Waals surface area (Å²) in [5, 5.41) is 8.59. The van der Waals surface area contributed by atoms with Gasteiger partial charge in [0.2, 0.25) is 0 Å². The number of ether oxygens (including phenoxy) is 3. The van der Waals surface area contributed by atoms with Crippen LogP contribution in [0.25, 0.3) is 0 Å². The number of hydrogen-bond donors (Lipinski definition) is 1. The normalized spacial score (nSPS) is 34.7. The summed E-state index contributed by atoms with van der Waals surface area (Å²) in [4.78, 5) is 47.7. The first kappa shape index (κ1) is 20.5. The van der Waals surface area contributed by atoms with Gasteiger partial charge in [-0.25, -0.2) is 4.79 Å². The van der Waals surface area contributed by atoms with E-state index in [1.165, 1.54) is 0 Å². The number of fused-ring (bicyclic) bond motifs is 1. The fraction of sp³-hybridized carbons (Fsp3) is 0.778. The van der Waals surface area contributed by atoms with E-state index in [-0.39, 0.29) is 5.92 Å². The minimum absolute atomic E-state index is 0.354. The van der Waals surface area contributed by atoms with E-state index >= 15 is 0 Å². The molecule has 1 heterocycles. The number of carboxylic acid groups (broad SMARTS) is 1. The molecule has 2 saturated carbocycles. The molecule has 1 aliphatic heterocycles. The Morgan fingerprint density at radius 3 is 2.36 bits per heavy atom. The summed E-state index contributed by atoms with van der Waals surface area (Å²) in [6.07, 6.45) is -3.41. The number of carbonyl (C=O) groups is 4. The maximum atomic E-state index is 13.6. The average Bonchev–Trinajstić information content (AvgIpc) is 3.16. The van der Waals surface area contributed by atoms with Gasteiger partial charge in [0.1, 0.15) is 12.2 Å². The second kappa shape index (κ2) is 6.38. The highest BCUT2D eigenvalue weighted by molar-refractivity contribution is 5.87. The SMILES string of the molecule is CC(OC(=O)C1C2CC3C(OC(=O)C31)C2OC(=O)C(C)(C)C)C(F)(F)C(=O)O. The molecule has 0 spiro atoms. The highest BCUT2D eigenvalue weighted by Gasteiger charge is 2.70.